The summed E-state index contributed by atoms with van der Waals surface area (Å²) >= 11 is 1.67. The van der Waals surface area contributed by atoms with Crippen molar-refractivity contribution in [2.75, 3.05) is 6.26 Å². The van der Waals surface area contributed by atoms with Crippen molar-refractivity contribution in [2.24, 2.45) is 4.99 Å². The summed E-state index contributed by atoms with van der Waals surface area (Å²) in [6, 6.07) is 0. The summed E-state index contributed by atoms with van der Waals surface area (Å²) in [7, 11) is 0. The minimum atomic E-state index is 1.01. The van der Waals surface area contributed by atoms with Gasteiger partial charge in [0.2, 0.25) is 0 Å². The molecule has 0 aliphatic carbocycles. The van der Waals surface area contributed by atoms with Crippen LogP contribution in [-0.2, 0) is 0 Å². The second-order valence-electron chi connectivity index (χ2n) is 1.26. The smallest absolute Gasteiger partial charge is 0.0725 e. The van der Waals surface area contributed by atoms with Gasteiger partial charge >= 0.3 is 0 Å². The number of thioether (sulfide) groups is 1. The molecule has 0 heterocycles. The molecule has 1 nitrogen and oxygen atoms in total. The van der Waals surface area contributed by atoms with Crippen LogP contribution in [0.3, 0.4) is 0 Å². The van der Waals surface area contributed by atoms with Gasteiger partial charge < -0.3 is 0 Å². The number of rotatable bonds is 2. The van der Waals surface area contributed by atoms with Gasteiger partial charge in [0.05, 0.1) is 5.04 Å². The molecule has 0 saturated heterocycles. The monoisotopic (exact) mass is 129 g/mol. The molecule has 2 heteroatoms. The highest BCUT2D eigenvalue weighted by Gasteiger charge is 1.86. The minimum absolute atomic E-state index is 1.01. The number of hydrogen-bond donors (Lipinski definition) is 0. The zero-order valence-corrected chi connectivity index (χ0v) is 6.16. The van der Waals surface area contributed by atoms with Crippen LogP contribution in [0.1, 0.15) is 13.3 Å². The molecule has 0 aliphatic heterocycles. The molecule has 0 aromatic carbocycles. The molecule has 0 spiro atoms. The highest BCUT2D eigenvalue weighted by atomic mass is 32.2. The van der Waals surface area contributed by atoms with Crippen molar-refractivity contribution in [1.29, 1.82) is 0 Å². The molecule has 0 rings (SSSR count). The molecular formula is C6H11NS. The Balaban J connectivity index is 3.66. The lowest BCUT2D eigenvalue weighted by Gasteiger charge is -1.91. The summed E-state index contributed by atoms with van der Waals surface area (Å²) in [5, 5.41) is 1.14. The zero-order chi connectivity index (χ0) is 6.41. The average Bonchev–Trinajstić information content (AvgIpc) is 1.83. The minimum Gasteiger partial charge on any atom is -0.255 e. The molecule has 0 N–H and O–H groups in total. The van der Waals surface area contributed by atoms with Gasteiger partial charge in [-0.05, 0) is 12.7 Å². The van der Waals surface area contributed by atoms with Gasteiger partial charge in [-0.1, -0.05) is 13.5 Å². The van der Waals surface area contributed by atoms with Gasteiger partial charge in [0.15, 0.2) is 0 Å². The lowest BCUT2D eigenvalue weighted by atomic mass is 10.5. The molecule has 0 fully saturated rings. The van der Waals surface area contributed by atoms with Gasteiger partial charge in [0, 0.05) is 6.20 Å². The highest BCUT2D eigenvalue weighted by Crippen LogP contribution is 2.01. The van der Waals surface area contributed by atoms with Crippen LogP contribution >= 0.6 is 11.8 Å². The molecule has 0 radical (unpaired) electrons. The van der Waals surface area contributed by atoms with Crippen LogP contribution in [0.4, 0.5) is 0 Å². The van der Waals surface area contributed by atoms with E-state index in [1.165, 1.54) is 0 Å². The molecule has 0 amide bonds. The van der Waals surface area contributed by atoms with Crippen molar-refractivity contribution in [1.82, 2.24) is 0 Å². The quantitative estimate of drug-likeness (QED) is 0.411. The summed E-state index contributed by atoms with van der Waals surface area (Å²) in [5.74, 6) is 0. The van der Waals surface area contributed by atoms with Crippen molar-refractivity contribution >= 4 is 16.8 Å². The van der Waals surface area contributed by atoms with Crippen LogP contribution in [0.5, 0.6) is 0 Å². The fourth-order valence-corrected chi connectivity index (χ4v) is 0.859. The van der Waals surface area contributed by atoms with E-state index in [1.807, 2.05) is 6.26 Å². The second-order valence-corrected chi connectivity index (χ2v) is 2.14. The molecule has 0 aliphatic rings. The van der Waals surface area contributed by atoms with Crippen LogP contribution in [0.2, 0.25) is 0 Å². The van der Waals surface area contributed by atoms with Crippen LogP contribution < -0.4 is 0 Å². The first-order chi connectivity index (χ1) is 3.85. The standard InChI is InChI=1S/C6H11NS/c1-4-6(8-3)7-5-2/h5H,2,4H2,1,3H3/b7-6-. The van der Waals surface area contributed by atoms with E-state index in [0.717, 1.165) is 11.5 Å². The summed E-state index contributed by atoms with van der Waals surface area (Å²) in [4.78, 5) is 4.00. The first-order valence-corrected chi connectivity index (χ1v) is 3.79. The second kappa shape index (κ2) is 4.91. The molecule has 0 aromatic heterocycles. The predicted molar refractivity (Wildman–Crippen MR) is 41.4 cm³/mol. The van der Waals surface area contributed by atoms with Gasteiger partial charge in [-0.3, -0.25) is 4.99 Å². The molecule has 0 unspecified atom stereocenters. The zero-order valence-electron chi connectivity index (χ0n) is 5.35. The van der Waals surface area contributed by atoms with E-state index in [4.69, 9.17) is 0 Å². The van der Waals surface area contributed by atoms with Crippen molar-refractivity contribution in [3.05, 3.63) is 12.8 Å². The van der Waals surface area contributed by atoms with Crippen LogP contribution in [0.15, 0.2) is 17.8 Å². The largest absolute Gasteiger partial charge is 0.255 e. The molecule has 0 atom stereocenters. The third-order valence-electron chi connectivity index (χ3n) is 0.773. The molecule has 0 bridgehead atoms. The molecular weight excluding hydrogens is 118 g/mol. The Bertz CT molecular complexity index is 90.7. The third kappa shape index (κ3) is 2.86. The predicted octanol–water partition coefficient (Wildman–Crippen LogP) is 2.30. The van der Waals surface area contributed by atoms with Gasteiger partial charge in [-0.15, -0.1) is 11.8 Å². The summed E-state index contributed by atoms with van der Waals surface area (Å²) in [6.45, 7) is 5.58. The summed E-state index contributed by atoms with van der Waals surface area (Å²) in [6.07, 6.45) is 4.61. The van der Waals surface area contributed by atoms with Crippen molar-refractivity contribution < 1.29 is 0 Å². The lowest BCUT2D eigenvalue weighted by Crippen LogP contribution is -1.84. The van der Waals surface area contributed by atoms with Crippen molar-refractivity contribution in [3.8, 4) is 0 Å². The Morgan fingerprint density at radius 2 is 2.50 bits per heavy atom. The molecule has 0 aromatic rings. The molecule has 0 saturated carbocycles. The van der Waals surface area contributed by atoms with Crippen molar-refractivity contribution in [2.45, 2.75) is 13.3 Å². The normalized spacial score (nSPS) is 11.5. The molecule has 46 valence electrons. The van der Waals surface area contributed by atoms with E-state index in [1.54, 1.807) is 18.0 Å². The summed E-state index contributed by atoms with van der Waals surface area (Å²) < 4.78 is 0. The average molecular weight is 129 g/mol. The van der Waals surface area contributed by atoms with Crippen molar-refractivity contribution in [3.63, 3.8) is 0 Å². The lowest BCUT2D eigenvalue weighted by molar-refractivity contribution is 1.30. The molecule has 8 heavy (non-hydrogen) atoms. The van der Waals surface area contributed by atoms with Crippen LogP contribution in [-0.4, -0.2) is 11.3 Å². The van der Waals surface area contributed by atoms with Gasteiger partial charge in [-0.25, -0.2) is 0 Å². The Kier molecular flexibility index (Phi) is 4.76. The van der Waals surface area contributed by atoms with Gasteiger partial charge in [-0.2, -0.15) is 0 Å². The van der Waals surface area contributed by atoms with E-state index in [2.05, 4.69) is 18.5 Å². The Morgan fingerprint density at radius 3 is 2.62 bits per heavy atom. The summed E-state index contributed by atoms with van der Waals surface area (Å²) in [5.41, 5.74) is 0. The fourth-order valence-electron chi connectivity index (χ4n) is 0.390. The van der Waals surface area contributed by atoms with E-state index in [9.17, 15) is 0 Å². The number of aliphatic imine (C=N–C) groups is 1. The van der Waals surface area contributed by atoms with E-state index >= 15 is 0 Å². The Morgan fingerprint density at radius 1 is 1.88 bits per heavy atom. The maximum atomic E-state index is 4.00. The first kappa shape index (κ1) is 7.76. The van der Waals surface area contributed by atoms with Gasteiger partial charge in [0.25, 0.3) is 0 Å². The maximum absolute atomic E-state index is 4.00. The van der Waals surface area contributed by atoms with E-state index < -0.39 is 0 Å². The maximum Gasteiger partial charge on any atom is 0.0725 e. The highest BCUT2D eigenvalue weighted by molar-refractivity contribution is 8.13. The Hall–Kier alpha value is -0.240. The van der Waals surface area contributed by atoms with Gasteiger partial charge in [0.1, 0.15) is 0 Å². The SMILES string of the molecule is C=C/N=C(/CC)SC. The topological polar surface area (TPSA) is 12.4 Å². The van der Waals surface area contributed by atoms with E-state index in [-0.39, 0.29) is 0 Å². The Labute approximate surface area is 54.9 Å². The van der Waals surface area contributed by atoms with Crippen LogP contribution in [0, 0.1) is 0 Å². The fraction of sp³-hybridized carbons (Fsp3) is 0.500. The van der Waals surface area contributed by atoms with Crippen LogP contribution in [0.25, 0.3) is 0 Å². The van der Waals surface area contributed by atoms with E-state index in [0.29, 0.717) is 0 Å². The third-order valence-corrected chi connectivity index (χ3v) is 1.64. The first-order valence-electron chi connectivity index (χ1n) is 2.56. The number of hydrogen-bond acceptors (Lipinski definition) is 2. The number of nitrogens with zero attached hydrogens (tertiary/aromatic N) is 1.